The van der Waals surface area contributed by atoms with Crippen molar-refractivity contribution in [2.24, 2.45) is 0 Å². The van der Waals surface area contributed by atoms with E-state index in [1.165, 1.54) is 49.5 Å². The van der Waals surface area contributed by atoms with Gasteiger partial charge in [-0.1, -0.05) is 141 Å². The average Bonchev–Trinajstić information content (AvgIpc) is 3.20. The first kappa shape index (κ1) is 32.8. The molecule has 0 bridgehead atoms. The van der Waals surface area contributed by atoms with Crippen LogP contribution in [-0.4, -0.2) is 0 Å². The minimum absolute atomic E-state index is 0.854. The lowest BCUT2D eigenvalue weighted by Crippen LogP contribution is -2.10. The van der Waals surface area contributed by atoms with Crippen molar-refractivity contribution in [3.63, 3.8) is 0 Å². The van der Waals surface area contributed by atoms with Crippen LogP contribution in [0.1, 0.15) is 24.5 Å². The monoisotopic (exact) mass is 670 g/mol. The van der Waals surface area contributed by atoms with E-state index in [0.29, 0.717) is 0 Å². The third kappa shape index (κ3) is 6.59. The van der Waals surface area contributed by atoms with Gasteiger partial charge < -0.3 is 9.80 Å². The van der Waals surface area contributed by atoms with Crippen LogP contribution in [0.4, 0.5) is 34.1 Å². The van der Waals surface area contributed by atoms with Gasteiger partial charge in [0, 0.05) is 33.5 Å². The maximum Gasteiger partial charge on any atom is 0.0540 e. The molecule has 2 nitrogen and oxygen atoms in total. The van der Waals surface area contributed by atoms with Gasteiger partial charge in [-0.15, -0.1) is 6.58 Å². The van der Waals surface area contributed by atoms with Gasteiger partial charge in [-0.05, 0) is 107 Å². The third-order valence-electron chi connectivity index (χ3n) is 9.91. The molecule has 52 heavy (non-hydrogen) atoms. The summed E-state index contributed by atoms with van der Waals surface area (Å²) in [5, 5.41) is 4.90. The second-order valence-corrected chi connectivity index (χ2v) is 13.3. The van der Waals surface area contributed by atoms with Crippen LogP contribution in [-0.2, 0) is 12.8 Å². The Bertz CT molecular complexity index is 2430. The van der Waals surface area contributed by atoms with E-state index in [1.54, 1.807) is 0 Å². The number of anilines is 6. The quantitative estimate of drug-likeness (QED) is 0.126. The molecule has 0 spiro atoms. The maximum absolute atomic E-state index is 3.92. The first-order valence-electron chi connectivity index (χ1n) is 18.3. The number of fused-ring (bicyclic) bond motifs is 2. The molecule has 0 fully saturated rings. The summed E-state index contributed by atoms with van der Waals surface area (Å²) in [5.41, 5.74) is 11.8. The third-order valence-corrected chi connectivity index (χ3v) is 9.91. The molecule has 252 valence electrons. The Labute approximate surface area is 307 Å². The van der Waals surface area contributed by atoms with E-state index in [2.05, 4.69) is 205 Å². The minimum atomic E-state index is 0.854. The summed E-state index contributed by atoms with van der Waals surface area (Å²) in [6, 6.07) is 66.2. The van der Waals surface area contributed by atoms with Crippen LogP contribution in [0.15, 0.2) is 195 Å². The highest BCUT2D eigenvalue weighted by Gasteiger charge is 2.17. The molecule has 8 aromatic carbocycles. The Morgan fingerprint density at radius 1 is 0.423 bits per heavy atom. The summed E-state index contributed by atoms with van der Waals surface area (Å²) in [6.07, 6.45) is 5.03. The fourth-order valence-electron chi connectivity index (χ4n) is 7.32. The highest BCUT2D eigenvalue weighted by Crippen LogP contribution is 2.42. The molecule has 0 atom stereocenters. The van der Waals surface area contributed by atoms with Gasteiger partial charge >= 0.3 is 0 Å². The van der Waals surface area contributed by atoms with Gasteiger partial charge in [-0.25, -0.2) is 0 Å². The Morgan fingerprint density at radius 3 is 1.23 bits per heavy atom. The average molecular weight is 671 g/mol. The molecule has 8 aromatic rings. The zero-order valence-electron chi connectivity index (χ0n) is 29.6. The van der Waals surface area contributed by atoms with Gasteiger partial charge in [-0.3, -0.25) is 0 Å². The second-order valence-electron chi connectivity index (χ2n) is 13.3. The molecule has 0 aromatic heterocycles. The van der Waals surface area contributed by atoms with Gasteiger partial charge in [0.25, 0.3) is 0 Å². The molecule has 0 saturated heterocycles. The normalized spacial score (nSPS) is 11.1. The van der Waals surface area contributed by atoms with Crippen molar-refractivity contribution in [3.8, 4) is 11.1 Å². The van der Waals surface area contributed by atoms with Crippen molar-refractivity contribution in [1.82, 2.24) is 0 Å². The molecular weight excluding hydrogens is 629 g/mol. The molecule has 8 rings (SSSR count). The number of rotatable bonds is 11. The smallest absolute Gasteiger partial charge is 0.0540 e. The van der Waals surface area contributed by atoms with Gasteiger partial charge in [-0.2, -0.15) is 0 Å². The first-order valence-corrected chi connectivity index (χ1v) is 18.3. The first-order chi connectivity index (χ1) is 25.7. The van der Waals surface area contributed by atoms with Crippen molar-refractivity contribution in [1.29, 1.82) is 0 Å². The van der Waals surface area contributed by atoms with Crippen molar-refractivity contribution in [2.75, 3.05) is 9.80 Å². The van der Waals surface area contributed by atoms with Crippen LogP contribution >= 0.6 is 0 Å². The van der Waals surface area contributed by atoms with E-state index in [-0.39, 0.29) is 0 Å². The van der Waals surface area contributed by atoms with Crippen molar-refractivity contribution in [3.05, 3.63) is 206 Å². The van der Waals surface area contributed by atoms with Crippen molar-refractivity contribution < 1.29 is 0 Å². The molecule has 0 N–H and O–H groups in total. The number of benzene rings is 8. The van der Waals surface area contributed by atoms with E-state index in [0.717, 1.165) is 47.7 Å². The lowest BCUT2D eigenvalue weighted by atomic mass is 10.0. The van der Waals surface area contributed by atoms with Gasteiger partial charge in [0.1, 0.15) is 0 Å². The molecule has 0 saturated carbocycles. The Morgan fingerprint density at radius 2 is 0.808 bits per heavy atom. The van der Waals surface area contributed by atoms with Crippen LogP contribution in [0.25, 0.3) is 32.7 Å². The molecule has 0 radical (unpaired) electrons. The largest absolute Gasteiger partial charge is 0.310 e. The summed E-state index contributed by atoms with van der Waals surface area (Å²) < 4.78 is 0. The summed E-state index contributed by atoms with van der Waals surface area (Å²) in [6.45, 7) is 6.16. The molecule has 0 aliphatic heterocycles. The highest BCUT2D eigenvalue weighted by atomic mass is 15.1. The van der Waals surface area contributed by atoms with Crippen LogP contribution in [0.5, 0.6) is 0 Å². The summed E-state index contributed by atoms with van der Waals surface area (Å²) in [7, 11) is 0. The predicted molar refractivity (Wildman–Crippen MR) is 224 cm³/mol. The fourth-order valence-corrected chi connectivity index (χ4v) is 7.32. The van der Waals surface area contributed by atoms with E-state index in [4.69, 9.17) is 0 Å². The Hall–Kier alpha value is -6.38. The SMILES string of the molecule is C=CCc1ccc(N(c2ccc(-c3ccc(N(c4ccc(CCC)cc4)c4cccc5ccccc45)cc3)cc2)c2cccc3ccccc23)cc1. The van der Waals surface area contributed by atoms with E-state index >= 15 is 0 Å². The van der Waals surface area contributed by atoms with Crippen LogP contribution < -0.4 is 9.80 Å². The maximum atomic E-state index is 3.92. The molecule has 0 unspecified atom stereocenters. The van der Waals surface area contributed by atoms with E-state index < -0.39 is 0 Å². The van der Waals surface area contributed by atoms with Gasteiger partial charge in [0.15, 0.2) is 0 Å². The topological polar surface area (TPSA) is 6.48 Å². The summed E-state index contributed by atoms with van der Waals surface area (Å²) >= 11 is 0. The summed E-state index contributed by atoms with van der Waals surface area (Å²) in [5.74, 6) is 0. The zero-order chi connectivity index (χ0) is 35.3. The molecule has 0 aliphatic rings. The highest BCUT2D eigenvalue weighted by molar-refractivity contribution is 6.00. The van der Waals surface area contributed by atoms with E-state index in [1.807, 2.05) is 6.08 Å². The zero-order valence-corrected chi connectivity index (χ0v) is 29.6. The lowest BCUT2D eigenvalue weighted by Gasteiger charge is -2.28. The van der Waals surface area contributed by atoms with Crippen LogP contribution in [0.3, 0.4) is 0 Å². The molecule has 0 aliphatic carbocycles. The number of nitrogens with zero attached hydrogens (tertiary/aromatic N) is 2. The standard InChI is InChI=1S/C50H42N2/c1-3-11-37-21-29-43(30-22-37)51(49-19-9-15-41-13-5-7-17-47(41)49)45-33-25-39(26-34-45)40-27-35-46(36-28-40)52(44-31-23-38(12-4-2)24-32-44)50-20-10-16-42-14-6-8-18-48(42)50/h3,5-10,13-36H,1,4,11-12H2,2H3. The van der Waals surface area contributed by atoms with E-state index in [9.17, 15) is 0 Å². The Balaban J connectivity index is 1.15. The van der Waals surface area contributed by atoms with Crippen LogP contribution in [0.2, 0.25) is 0 Å². The predicted octanol–water partition coefficient (Wildman–Crippen LogP) is 14.3. The number of allylic oxidation sites excluding steroid dienone is 1. The molecule has 0 heterocycles. The number of hydrogen-bond acceptors (Lipinski definition) is 2. The fraction of sp³-hybridized carbons (Fsp3) is 0.0800. The lowest BCUT2D eigenvalue weighted by molar-refractivity contribution is 0.922. The van der Waals surface area contributed by atoms with Crippen LogP contribution in [0, 0.1) is 0 Å². The van der Waals surface area contributed by atoms with Gasteiger partial charge in [0.2, 0.25) is 0 Å². The number of hydrogen-bond donors (Lipinski definition) is 0. The minimum Gasteiger partial charge on any atom is -0.310 e. The summed E-state index contributed by atoms with van der Waals surface area (Å²) in [4.78, 5) is 4.74. The number of aryl methyl sites for hydroxylation is 1. The van der Waals surface area contributed by atoms with Crippen molar-refractivity contribution >= 4 is 55.7 Å². The van der Waals surface area contributed by atoms with Gasteiger partial charge in [0.05, 0.1) is 11.4 Å². The second kappa shape index (κ2) is 14.8. The molecule has 0 amide bonds. The molecule has 2 heteroatoms. The molecular formula is C50H42N2. The van der Waals surface area contributed by atoms with Crippen molar-refractivity contribution in [2.45, 2.75) is 26.2 Å². The Kier molecular flexibility index (Phi) is 9.37.